The van der Waals surface area contributed by atoms with E-state index in [1.165, 1.54) is 25.0 Å². The molecule has 1 saturated carbocycles. The molecule has 2 aromatic rings. The molecule has 0 aromatic carbocycles. The first-order chi connectivity index (χ1) is 7.25. The Morgan fingerprint density at radius 3 is 2.81 bits per heavy atom. The van der Waals surface area contributed by atoms with Gasteiger partial charge in [-0.25, -0.2) is 0 Å². The van der Waals surface area contributed by atoms with Crippen molar-refractivity contribution in [3.63, 3.8) is 0 Å². The second kappa shape index (κ2) is 3.94. The number of hydrogen-bond donors (Lipinski definition) is 2. The molecule has 2 heterocycles. The topological polar surface area (TPSA) is 61.5 Å². The summed E-state index contributed by atoms with van der Waals surface area (Å²) < 4.78 is 0. The van der Waals surface area contributed by atoms with Gasteiger partial charge in [-0.15, -0.1) is 12.4 Å². The number of halogens is 1. The molecule has 1 aliphatic rings. The zero-order valence-electron chi connectivity index (χ0n) is 9.04. The van der Waals surface area contributed by atoms with Crippen molar-refractivity contribution in [1.82, 2.24) is 15.2 Å². The van der Waals surface area contributed by atoms with Crippen LogP contribution in [0.4, 0.5) is 0 Å². The number of aromatic nitrogens is 3. The minimum absolute atomic E-state index is 0. The van der Waals surface area contributed by atoms with E-state index in [4.69, 9.17) is 0 Å². The molecule has 1 aliphatic carbocycles. The summed E-state index contributed by atoms with van der Waals surface area (Å²) in [5.74, 6) is 0.611. The lowest BCUT2D eigenvalue weighted by Gasteiger charge is -2.24. The molecule has 2 aromatic heterocycles. The quantitative estimate of drug-likeness (QED) is 0.802. The van der Waals surface area contributed by atoms with Gasteiger partial charge >= 0.3 is 0 Å². The number of aryl methyl sites for hydroxylation is 1. The highest BCUT2D eigenvalue weighted by atomic mass is 35.5. The smallest absolute Gasteiger partial charge is 0.249 e. The molecule has 0 spiro atoms. The van der Waals surface area contributed by atoms with E-state index in [0.717, 1.165) is 10.9 Å². The highest BCUT2D eigenvalue weighted by Gasteiger charge is 2.24. The number of hydrogen-bond acceptors (Lipinski definition) is 2. The van der Waals surface area contributed by atoms with Gasteiger partial charge in [0.05, 0.1) is 0 Å². The van der Waals surface area contributed by atoms with E-state index in [9.17, 15) is 4.79 Å². The Morgan fingerprint density at radius 2 is 2.19 bits per heavy atom. The molecule has 0 saturated heterocycles. The first-order valence-electron chi connectivity index (χ1n) is 5.33. The van der Waals surface area contributed by atoms with E-state index < -0.39 is 0 Å². The fourth-order valence-corrected chi connectivity index (χ4v) is 2.26. The van der Waals surface area contributed by atoms with Gasteiger partial charge in [0.25, 0.3) is 0 Å². The fraction of sp³-hybridized carbons (Fsp3) is 0.455. The number of nitrogens with one attached hydrogen (secondary N) is 2. The first-order valence-corrected chi connectivity index (χ1v) is 5.33. The zero-order valence-corrected chi connectivity index (χ0v) is 9.86. The van der Waals surface area contributed by atoms with Crippen molar-refractivity contribution in [3.05, 3.63) is 27.7 Å². The maximum Gasteiger partial charge on any atom is 0.249 e. The van der Waals surface area contributed by atoms with Gasteiger partial charge in [-0.05, 0) is 25.3 Å². The van der Waals surface area contributed by atoms with Crippen LogP contribution in [0.3, 0.4) is 0 Å². The molecule has 0 aliphatic heterocycles. The van der Waals surface area contributed by atoms with Gasteiger partial charge in [-0.3, -0.25) is 9.89 Å². The Kier molecular flexibility index (Phi) is 2.76. The number of aromatic amines is 2. The monoisotopic (exact) mass is 239 g/mol. The maximum absolute atomic E-state index is 11.3. The van der Waals surface area contributed by atoms with E-state index in [1.807, 2.05) is 6.92 Å². The van der Waals surface area contributed by atoms with Gasteiger partial charge in [0.1, 0.15) is 0 Å². The lowest BCUT2D eigenvalue weighted by atomic mass is 9.81. The van der Waals surface area contributed by atoms with Crippen molar-refractivity contribution in [3.8, 4) is 0 Å². The zero-order chi connectivity index (χ0) is 10.4. The van der Waals surface area contributed by atoms with Gasteiger partial charge in [-0.2, -0.15) is 5.10 Å². The van der Waals surface area contributed by atoms with Gasteiger partial charge in [0, 0.05) is 23.1 Å². The molecule has 1 fully saturated rings. The molecule has 2 N–H and O–H groups in total. The summed E-state index contributed by atoms with van der Waals surface area (Å²) in [7, 11) is 0. The molecule has 0 unspecified atom stereocenters. The van der Waals surface area contributed by atoms with E-state index in [-0.39, 0.29) is 18.0 Å². The highest BCUT2D eigenvalue weighted by Crippen LogP contribution is 2.38. The van der Waals surface area contributed by atoms with Crippen LogP contribution >= 0.6 is 12.4 Å². The van der Waals surface area contributed by atoms with Crippen LogP contribution in [-0.2, 0) is 0 Å². The third kappa shape index (κ3) is 1.53. The van der Waals surface area contributed by atoms with Crippen LogP contribution < -0.4 is 5.56 Å². The van der Waals surface area contributed by atoms with Crippen LogP contribution in [-0.4, -0.2) is 15.2 Å². The predicted octanol–water partition coefficient (Wildman–Crippen LogP) is 2.25. The number of rotatable bonds is 1. The van der Waals surface area contributed by atoms with Gasteiger partial charge in [0.2, 0.25) is 5.56 Å². The third-order valence-corrected chi connectivity index (χ3v) is 3.29. The Labute approximate surface area is 98.9 Å². The summed E-state index contributed by atoms with van der Waals surface area (Å²) >= 11 is 0. The lowest BCUT2D eigenvalue weighted by Crippen LogP contribution is -2.10. The van der Waals surface area contributed by atoms with Crippen LogP contribution in [0.1, 0.15) is 36.4 Å². The van der Waals surface area contributed by atoms with Crippen molar-refractivity contribution in [2.45, 2.75) is 32.1 Å². The van der Waals surface area contributed by atoms with E-state index in [0.29, 0.717) is 11.6 Å². The van der Waals surface area contributed by atoms with Crippen molar-refractivity contribution >= 4 is 23.4 Å². The van der Waals surface area contributed by atoms with E-state index >= 15 is 0 Å². The molecule has 0 amide bonds. The van der Waals surface area contributed by atoms with Crippen molar-refractivity contribution < 1.29 is 0 Å². The van der Waals surface area contributed by atoms with Crippen molar-refractivity contribution in [1.29, 1.82) is 0 Å². The number of fused-ring (bicyclic) bond motifs is 1. The van der Waals surface area contributed by atoms with Crippen molar-refractivity contribution in [2.24, 2.45) is 0 Å². The van der Waals surface area contributed by atoms with Crippen LogP contribution in [0.15, 0.2) is 10.9 Å². The Balaban J connectivity index is 0.000000963. The number of pyridine rings is 1. The summed E-state index contributed by atoms with van der Waals surface area (Å²) in [6.45, 7) is 1.97. The number of nitrogens with zero attached hydrogens (tertiary/aromatic N) is 1. The Morgan fingerprint density at radius 1 is 1.44 bits per heavy atom. The van der Waals surface area contributed by atoms with Crippen LogP contribution in [0, 0.1) is 6.92 Å². The summed E-state index contributed by atoms with van der Waals surface area (Å²) in [5, 5.41) is 8.34. The minimum Gasteiger partial charge on any atom is -0.305 e. The fourth-order valence-electron chi connectivity index (χ4n) is 2.26. The second-order valence-corrected chi connectivity index (χ2v) is 4.31. The Hall–Kier alpha value is -1.29. The molecule has 0 radical (unpaired) electrons. The van der Waals surface area contributed by atoms with Gasteiger partial charge < -0.3 is 4.98 Å². The van der Waals surface area contributed by atoms with Crippen LogP contribution in [0.25, 0.3) is 11.0 Å². The molecule has 5 heteroatoms. The maximum atomic E-state index is 11.3. The predicted molar refractivity (Wildman–Crippen MR) is 65.3 cm³/mol. The highest BCUT2D eigenvalue weighted by molar-refractivity contribution is 5.85. The minimum atomic E-state index is -0.0772. The third-order valence-electron chi connectivity index (χ3n) is 3.29. The van der Waals surface area contributed by atoms with E-state index in [1.54, 1.807) is 6.07 Å². The summed E-state index contributed by atoms with van der Waals surface area (Å²) in [4.78, 5) is 14.0. The van der Waals surface area contributed by atoms with Crippen LogP contribution in [0.5, 0.6) is 0 Å². The summed E-state index contributed by atoms with van der Waals surface area (Å²) in [6.07, 6.45) is 3.76. The molecule has 4 nitrogen and oxygen atoms in total. The molecular weight excluding hydrogens is 226 g/mol. The molecule has 0 bridgehead atoms. The normalized spacial score (nSPS) is 15.8. The van der Waals surface area contributed by atoms with Gasteiger partial charge in [0.15, 0.2) is 5.65 Å². The average Bonchev–Trinajstić information content (AvgIpc) is 2.45. The molecule has 0 atom stereocenters. The SMILES string of the molecule is Cc1cc(=O)[nH]c2n[nH]c(C3CCC3)c12.Cl. The largest absolute Gasteiger partial charge is 0.305 e. The van der Waals surface area contributed by atoms with Crippen LogP contribution in [0.2, 0.25) is 0 Å². The average molecular weight is 240 g/mol. The lowest BCUT2D eigenvalue weighted by molar-refractivity contribution is 0.413. The second-order valence-electron chi connectivity index (χ2n) is 4.31. The molecule has 86 valence electrons. The standard InChI is InChI=1S/C11H13N3O.ClH/c1-6-5-8(15)12-11-9(6)10(13-14-11)7-3-2-4-7;/h5,7H,2-4H2,1H3,(H2,12,13,14,15);1H. The van der Waals surface area contributed by atoms with Gasteiger partial charge in [-0.1, -0.05) is 6.42 Å². The molecule has 3 rings (SSSR count). The molecular formula is C11H14ClN3O. The first kappa shape index (κ1) is 11.2. The molecule has 16 heavy (non-hydrogen) atoms. The summed E-state index contributed by atoms with van der Waals surface area (Å²) in [6, 6.07) is 1.64. The van der Waals surface area contributed by atoms with Crippen molar-refractivity contribution in [2.75, 3.05) is 0 Å². The number of H-pyrrole nitrogens is 2. The Bertz CT molecular complexity index is 568. The summed E-state index contributed by atoms with van der Waals surface area (Å²) in [5.41, 5.74) is 2.84. The van der Waals surface area contributed by atoms with E-state index in [2.05, 4.69) is 15.2 Å².